The highest BCUT2D eigenvalue weighted by Gasteiger charge is 2.19. The van der Waals surface area contributed by atoms with Crippen LogP contribution in [0.1, 0.15) is 36.6 Å². The van der Waals surface area contributed by atoms with Gasteiger partial charge in [0, 0.05) is 35.7 Å². The first-order chi connectivity index (χ1) is 15.7. The fraction of sp³-hybridized carbons (Fsp3) is 0.391. The lowest BCUT2D eigenvalue weighted by molar-refractivity contribution is 0.350. The van der Waals surface area contributed by atoms with Gasteiger partial charge in [0.25, 0.3) is 0 Å². The summed E-state index contributed by atoms with van der Waals surface area (Å²) in [6.45, 7) is 4.99. The fourth-order valence-corrected chi connectivity index (χ4v) is 5.12. The van der Waals surface area contributed by atoms with Crippen LogP contribution in [0.25, 0.3) is 22.3 Å². The predicted octanol–water partition coefficient (Wildman–Crippen LogP) is 4.10. The molecule has 1 fully saturated rings. The summed E-state index contributed by atoms with van der Waals surface area (Å²) >= 11 is 1.71. The Morgan fingerprint density at radius 2 is 2.09 bits per heavy atom. The summed E-state index contributed by atoms with van der Waals surface area (Å²) in [4.78, 5) is 14.8. The van der Waals surface area contributed by atoms with E-state index in [-0.39, 0.29) is 0 Å². The molecule has 0 spiro atoms. The van der Waals surface area contributed by atoms with Gasteiger partial charge in [0.05, 0.1) is 29.9 Å². The van der Waals surface area contributed by atoms with Crippen molar-refractivity contribution in [1.29, 1.82) is 0 Å². The Morgan fingerprint density at radius 3 is 2.94 bits per heavy atom. The lowest BCUT2D eigenvalue weighted by Gasteiger charge is -2.23. The average Bonchev–Trinajstić information content (AvgIpc) is 3.50. The van der Waals surface area contributed by atoms with Gasteiger partial charge in [0.1, 0.15) is 17.9 Å². The molecular weight excluding hydrogens is 422 g/mol. The topological polar surface area (TPSA) is 89.8 Å². The molecule has 0 bridgehead atoms. The van der Waals surface area contributed by atoms with Crippen LogP contribution in [-0.4, -0.2) is 51.5 Å². The summed E-state index contributed by atoms with van der Waals surface area (Å²) in [5, 5.41) is 14.6. The Hall–Kier alpha value is -3.04. The van der Waals surface area contributed by atoms with E-state index < -0.39 is 0 Å². The molecule has 32 heavy (non-hydrogen) atoms. The normalized spacial score (nSPS) is 15.7. The molecule has 4 aromatic heterocycles. The first-order valence-corrected chi connectivity index (χ1v) is 11.8. The molecule has 0 aliphatic carbocycles. The maximum atomic E-state index is 5.45. The van der Waals surface area contributed by atoms with Crippen molar-refractivity contribution in [2.75, 3.05) is 32.1 Å². The summed E-state index contributed by atoms with van der Waals surface area (Å²) in [5.41, 5.74) is 2.74. The second kappa shape index (κ2) is 9.22. The maximum absolute atomic E-state index is 5.45. The van der Waals surface area contributed by atoms with Crippen LogP contribution in [0.5, 0.6) is 5.75 Å². The minimum absolute atomic E-state index is 0.308. The summed E-state index contributed by atoms with van der Waals surface area (Å²) in [7, 11) is 1.71. The number of rotatable bonds is 7. The highest BCUT2D eigenvalue weighted by Crippen LogP contribution is 2.32. The molecule has 5 rings (SSSR count). The van der Waals surface area contributed by atoms with Crippen molar-refractivity contribution >= 4 is 28.2 Å². The molecule has 1 saturated heterocycles. The molecule has 0 radical (unpaired) electrons. The lowest BCUT2D eigenvalue weighted by atomic mass is 10.1. The van der Waals surface area contributed by atoms with Crippen LogP contribution in [0.4, 0.5) is 5.82 Å². The van der Waals surface area contributed by atoms with Crippen molar-refractivity contribution in [3.8, 4) is 17.0 Å². The number of thiophene rings is 1. The van der Waals surface area contributed by atoms with Gasteiger partial charge < -0.3 is 15.4 Å². The smallest absolute Gasteiger partial charge is 0.158 e. The van der Waals surface area contributed by atoms with E-state index in [1.165, 1.54) is 4.88 Å². The molecule has 2 N–H and O–H groups in total. The Kier molecular flexibility index (Phi) is 6.00. The van der Waals surface area contributed by atoms with E-state index in [0.717, 1.165) is 66.3 Å². The zero-order valence-corrected chi connectivity index (χ0v) is 19.1. The molecule has 1 unspecified atom stereocenters. The number of hydrogen-bond donors (Lipinski definition) is 2. The van der Waals surface area contributed by atoms with Gasteiger partial charge in [-0.15, -0.1) is 11.3 Å². The highest BCUT2D eigenvalue weighted by atomic mass is 32.1. The lowest BCUT2D eigenvalue weighted by Crippen LogP contribution is -2.29. The van der Waals surface area contributed by atoms with Crippen LogP contribution in [0.2, 0.25) is 0 Å². The molecule has 1 aliphatic rings. The van der Waals surface area contributed by atoms with Crippen molar-refractivity contribution in [2.45, 2.75) is 31.7 Å². The van der Waals surface area contributed by atoms with E-state index in [2.05, 4.69) is 48.8 Å². The third kappa shape index (κ3) is 4.18. The quantitative estimate of drug-likeness (QED) is 0.439. The molecule has 8 nitrogen and oxygen atoms in total. The number of nitrogens with zero attached hydrogens (tertiary/aromatic N) is 5. The minimum atomic E-state index is 0.308. The van der Waals surface area contributed by atoms with Gasteiger partial charge in [-0.3, -0.25) is 0 Å². The SMILES string of the molecule is COc1ccsc1C(C)CNc1cc(-c2cnc3c(cnn3C3CCNCC3)c2)ncn1. The Morgan fingerprint density at radius 1 is 1.22 bits per heavy atom. The molecule has 9 heteroatoms. The molecule has 0 amide bonds. The summed E-state index contributed by atoms with van der Waals surface area (Å²) in [6, 6.07) is 6.50. The maximum Gasteiger partial charge on any atom is 0.158 e. The van der Waals surface area contributed by atoms with Crippen LogP contribution in [0.3, 0.4) is 0 Å². The van der Waals surface area contributed by atoms with Crippen LogP contribution < -0.4 is 15.4 Å². The third-order valence-corrected chi connectivity index (χ3v) is 7.09. The predicted molar refractivity (Wildman–Crippen MR) is 127 cm³/mol. The zero-order chi connectivity index (χ0) is 21.9. The molecule has 0 aromatic carbocycles. The molecular formula is C23H27N7OS. The number of ether oxygens (including phenoxy) is 1. The molecule has 0 saturated carbocycles. The van der Waals surface area contributed by atoms with E-state index in [1.54, 1.807) is 24.8 Å². The van der Waals surface area contributed by atoms with Gasteiger partial charge in [-0.25, -0.2) is 19.6 Å². The van der Waals surface area contributed by atoms with Gasteiger partial charge >= 0.3 is 0 Å². The van der Waals surface area contributed by atoms with E-state index in [1.807, 2.05) is 24.5 Å². The Bertz CT molecular complexity index is 1200. The average molecular weight is 450 g/mol. The standard InChI is InChI=1S/C23H27N7OS/c1-15(22-20(31-2)5-8-32-22)11-25-21-10-19(27-14-28-21)16-9-17-13-29-30(23(17)26-12-16)18-3-6-24-7-4-18/h5,8-10,12-15,18,24H,3-4,6-7,11H2,1-2H3,(H,25,27,28). The number of pyridine rings is 1. The number of piperidine rings is 1. The molecule has 1 atom stereocenters. The monoisotopic (exact) mass is 449 g/mol. The summed E-state index contributed by atoms with van der Waals surface area (Å²) in [6.07, 6.45) is 7.54. The van der Waals surface area contributed by atoms with Crippen molar-refractivity contribution in [3.05, 3.63) is 47.2 Å². The molecule has 166 valence electrons. The third-order valence-electron chi connectivity index (χ3n) is 5.96. The molecule has 5 heterocycles. The summed E-state index contributed by atoms with van der Waals surface area (Å²) in [5.74, 6) is 2.04. The van der Waals surface area contributed by atoms with E-state index in [9.17, 15) is 0 Å². The second-order valence-electron chi connectivity index (χ2n) is 8.13. The van der Waals surface area contributed by atoms with Gasteiger partial charge in [0.15, 0.2) is 5.65 Å². The van der Waals surface area contributed by atoms with E-state index >= 15 is 0 Å². The van der Waals surface area contributed by atoms with Crippen LogP contribution in [0.15, 0.2) is 42.3 Å². The number of methoxy groups -OCH3 is 1. The number of hydrogen-bond acceptors (Lipinski definition) is 8. The van der Waals surface area contributed by atoms with Gasteiger partial charge in [0.2, 0.25) is 0 Å². The first-order valence-electron chi connectivity index (χ1n) is 10.9. The number of fused-ring (bicyclic) bond motifs is 1. The Balaban J connectivity index is 1.32. The number of nitrogens with one attached hydrogen (secondary N) is 2. The van der Waals surface area contributed by atoms with Crippen molar-refractivity contribution in [2.24, 2.45) is 0 Å². The highest BCUT2D eigenvalue weighted by molar-refractivity contribution is 7.10. The van der Waals surface area contributed by atoms with Gasteiger partial charge in [-0.05, 0) is 43.4 Å². The van der Waals surface area contributed by atoms with Crippen molar-refractivity contribution < 1.29 is 4.74 Å². The summed E-state index contributed by atoms with van der Waals surface area (Å²) < 4.78 is 7.53. The van der Waals surface area contributed by atoms with Crippen molar-refractivity contribution in [1.82, 2.24) is 30.0 Å². The van der Waals surface area contributed by atoms with Crippen LogP contribution in [0, 0.1) is 0 Å². The van der Waals surface area contributed by atoms with Gasteiger partial charge in [-0.1, -0.05) is 6.92 Å². The fourth-order valence-electron chi connectivity index (χ4n) is 4.20. The second-order valence-corrected chi connectivity index (χ2v) is 9.08. The minimum Gasteiger partial charge on any atom is -0.496 e. The zero-order valence-electron chi connectivity index (χ0n) is 18.3. The molecule has 4 aromatic rings. The first kappa shape index (κ1) is 20.8. The number of anilines is 1. The van der Waals surface area contributed by atoms with Crippen LogP contribution >= 0.6 is 11.3 Å². The van der Waals surface area contributed by atoms with Crippen molar-refractivity contribution in [3.63, 3.8) is 0 Å². The van der Waals surface area contributed by atoms with Crippen LogP contribution in [-0.2, 0) is 0 Å². The Labute approximate surface area is 191 Å². The van der Waals surface area contributed by atoms with E-state index in [4.69, 9.17) is 9.72 Å². The molecule has 1 aliphatic heterocycles. The largest absolute Gasteiger partial charge is 0.496 e. The van der Waals surface area contributed by atoms with E-state index in [0.29, 0.717) is 12.0 Å². The number of aromatic nitrogens is 5. The van der Waals surface area contributed by atoms with Gasteiger partial charge in [-0.2, -0.15) is 5.10 Å².